The van der Waals surface area contributed by atoms with Crippen LogP contribution in [0.3, 0.4) is 0 Å². The number of amides is 2. The van der Waals surface area contributed by atoms with Crippen molar-refractivity contribution in [3.8, 4) is 0 Å². The van der Waals surface area contributed by atoms with Gasteiger partial charge >= 0.3 is 0 Å². The van der Waals surface area contributed by atoms with E-state index >= 15 is 0 Å². The average molecular weight is 376 g/mol. The number of hydrogen-bond donors (Lipinski definition) is 1. The van der Waals surface area contributed by atoms with Crippen LogP contribution in [0.5, 0.6) is 0 Å². The zero-order valence-electron chi connectivity index (χ0n) is 17.5. The Hall–Kier alpha value is -1.06. The standard InChI is InChI=1S/C18H36N2O6/c1-9-11-13(23-25-17(3,4)5)15(21)20(19)16(22)14(12-10-2)24-26-18(6,7)8/h13-14H,9-12,19H2,1-8H3. The van der Waals surface area contributed by atoms with Crippen LogP contribution in [0.25, 0.3) is 0 Å². The van der Waals surface area contributed by atoms with Crippen molar-refractivity contribution in [1.29, 1.82) is 0 Å². The van der Waals surface area contributed by atoms with E-state index in [1.165, 1.54) is 0 Å². The quantitative estimate of drug-likeness (QED) is 0.271. The molecule has 0 aliphatic rings. The molecule has 2 amide bonds. The number of rotatable bonds is 10. The van der Waals surface area contributed by atoms with Gasteiger partial charge in [-0.1, -0.05) is 26.7 Å². The molecule has 0 spiro atoms. The summed E-state index contributed by atoms with van der Waals surface area (Å²) in [5.41, 5.74) is -1.19. The van der Waals surface area contributed by atoms with Crippen LogP contribution in [0.4, 0.5) is 0 Å². The van der Waals surface area contributed by atoms with E-state index in [0.29, 0.717) is 30.7 Å². The van der Waals surface area contributed by atoms with E-state index in [1.54, 1.807) is 41.5 Å². The Morgan fingerprint density at radius 3 is 1.35 bits per heavy atom. The number of nitrogens with two attached hydrogens (primary N) is 1. The zero-order valence-corrected chi connectivity index (χ0v) is 17.5. The van der Waals surface area contributed by atoms with Crippen LogP contribution in [0.15, 0.2) is 0 Å². The molecule has 0 radical (unpaired) electrons. The minimum Gasteiger partial charge on any atom is -0.270 e. The Kier molecular flexibility index (Phi) is 10.5. The second-order valence-corrected chi connectivity index (χ2v) is 8.18. The monoisotopic (exact) mass is 376 g/mol. The van der Waals surface area contributed by atoms with Gasteiger partial charge < -0.3 is 0 Å². The van der Waals surface area contributed by atoms with Gasteiger partial charge in [0.05, 0.1) is 11.2 Å². The van der Waals surface area contributed by atoms with Crippen molar-refractivity contribution in [1.82, 2.24) is 5.01 Å². The lowest BCUT2D eigenvalue weighted by Crippen LogP contribution is -2.53. The third-order valence-corrected chi connectivity index (χ3v) is 2.96. The summed E-state index contributed by atoms with van der Waals surface area (Å²) in [6.07, 6.45) is 0.113. The van der Waals surface area contributed by atoms with Crippen molar-refractivity contribution in [2.24, 2.45) is 5.84 Å². The van der Waals surface area contributed by atoms with Gasteiger partial charge in [-0.2, -0.15) is 0 Å². The molecule has 8 nitrogen and oxygen atoms in total. The van der Waals surface area contributed by atoms with Crippen LogP contribution in [-0.2, 0) is 29.1 Å². The number of carbonyl (C=O) groups is 2. The second-order valence-electron chi connectivity index (χ2n) is 8.18. The lowest BCUT2D eigenvalue weighted by Gasteiger charge is -2.27. The maximum atomic E-state index is 12.6. The molecule has 26 heavy (non-hydrogen) atoms. The van der Waals surface area contributed by atoms with Gasteiger partial charge in [-0.25, -0.2) is 30.4 Å². The van der Waals surface area contributed by atoms with Crippen molar-refractivity contribution < 1.29 is 29.1 Å². The topological polar surface area (TPSA) is 100 Å². The molecule has 0 saturated heterocycles. The smallest absolute Gasteiger partial charge is 0.270 e. The van der Waals surface area contributed by atoms with Gasteiger partial charge in [0.2, 0.25) is 0 Å². The molecular weight excluding hydrogens is 340 g/mol. The molecule has 0 aromatic heterocycles. The van der Waals surface area contributed by atoms with Gasteiger partial charge in [0.1, 0.15) is 0 Å². The molecule has 0 bridgehead atoms. The van der Waals surface area contributed by atoms with Gasteiger partial charge in [-0.05, 0) is 54.4 Å². The molecule has 0 aliphatic heterocycles. The van der Waals surface area contributed by atoms with Crippen LogP contribution in [0.1, 0.15) is 81.1 Å². The Bertz CT molecular complexity index is 402. The third-order valence-electron chi connectivity index (χ3n) is 2.96. The van der Waals surface area contributed by atoms with E-state index in [-0.39, 0.29) is 0 Å². The highest BCUT2D eigenvalue weighted by molar-refractivity contribution is 5.98. The van der Waals surface area contributed by atoms with Crippen molar-refractivity contribution in [3.63, 3.8) is 0 Å². The maximum Gasteiger partial charge on any atom is 0.276 e. The predicted molar refractivity (Wildman–Crippen MR) is 97.3 cm³/mol. The first-order chi connectivity index (χ1) is 11.8. The Morgan fingerprint density at radius 1 is 0.808 bits per heavy atom. The molecule has 0 heterocycles. The number of imide groups is 1. The Balaban J connectivity index is 5.05. The van der Waals surface area contributed by atoms with Crippen molar-refractivity contribution in [2.45, 2.75) is 104 Å². The zero-order chi connectivity index (χ0) is 20.5. The fraction of sp³-hybridized carbons (Fsp3) is 0.889. The van der Waals surface area contributed by atoms with E-state index in [1.807, 2.05) is 13.8 Å². The summed E-state index contributed by atoms with van der Waals surface area (Å²) in [6.45, 7) is 14.5. The van der Waals surface area contributed by atoms with E-state index in [9.17, 15) is 9.59 Å². The number of hydrogen-bond acceptors (Lipinski definition) is 7. The van der Waals surface area contributed by atoms with E-state index in [4.69, 9.17) is 25.4 Å². The fourth-order valence-corrected chi connectivity index (χ4v) is 1.77. The van der Waals surface area contributed by atoms with Crippen LogP contribution in [0, 0.1) is 0 Å². The molecule has 154 valence electrons. The van der Waals surface area contributed by atoms with Crippen LogP contribution >= 0.6 is 0 Å². The SMILES string of the molecule is CCCC(OOC(C)(C)C)C(=O)N(N)C(=O)C(CCC)OOC(C)(C)C. The van der Waals surface area contributed by atoms with Crippen LogP contribution < -0.4 is 5.84 Å². The molecule has 0 aliphatic carbocycles. The number of carbonyl (C=O) groups excluding carboxylic acids is 2. The minimum absolute atomic E-state index is 0.369. The first-order valence-corrected chi connectivity index (χ1v) is 9.13. The average Bonchev–Trinajstić information content (AvgIpc) is 2.51. The Morgan fingerprint density at radius 2 is 1.12 bits per heavy atom. The van der Waals surface area contributed by atoms with E-state index in [2.05, 4.69) is 0 Å². The maximum absolute atomic E-state index is 12.6. The lowest BCUT2D eigenvalue weighted by molar-refractivity contribution is -0.370. The fourth-order valence-electron chi connectivity index (χ4n) is 1.77. The summed E-state index contributed by atoms with van der Waals surface area (Å²) in [6, 6.07) is 0. The second kappa shape index (κ2) is 10.9. The number of hydrazine groups is 1. The van der Waals surface area contributed by atoms with E-state index in [0.717, 1.165) is 0 Å². The predicted octanol–water partition coefficient (Wildman–Crippen LogP) is 3.05. The normalized spacial score (nSPS) is 14.8. The highest BCUT2D eigenvalue weighted by atomic mass is 17.2. The molecule has 2 atom stereocenters. The van der Waals surface area contributed by atoms with Crippen LogP contribution in [-0.4, -0.2) is 40.2 Å². The summed E-state index contributed by atoms with van der Waals surface area (Å²) in [4.78, 5) is 46.1. The van der Waals surface area contributed by atoms with Gasteiger partial charge in [-0.3, -0.25) is 9.59 Å². The minimum atomic E-state index is -0.973. The molecule has 2 N–H and O–H groups in total. The van der Waals surface area contributed by atoms with Gasteiger partial charge in [0, 0.05) is 0 Å². The first-order valence-electron chi connectivity index (χ1n) is 9.13. The molecule has 0 saturated carbocycles. The first kappa shape index (κ1) is 24.9. The van der Waals surface area contributed by atoms with Gasteiger partial charge in [0.25, 0.3) is 11.8 Å². The summed E-state index contributed by atoms with van der Waals surface area (Å²) < 4.78 is 0. The molecular formula is C18H36N2O6. The van der Waals surface area contributed by atoms with Gasteiger partial charge in [-0.15, -0.1) is 0 Å². The highest BCUT2D eigenvalue weighted by Gasteiger charge is 2.34. The number of nitrogens with zero attached hydrogens (tertiary/aromatic N) is 1. The van der Waals surface area contributed by atoms with E-state index < -0.39 is 35.2 Å². The molecule has 0 aromatic carbocycles. The summed E-state index contributed by atoms with van der Waals surface area (Å²) >= 11 is 0. The largest absolute Gasteiger partial charge is 0.276 e. The van der Waals surface area contributed by atoms with Crippen molar-refractivity contribution in [2.75, 3.05) is 0 Å². The summed E-state index contributed by atoms with van der Waals surface area (Å²) in [7, 11) is 0. The molecule has 0 aromatic rings. The Labute approximate surface area is 157 Å². The van der Waals surface area contributed by atoms with Crippen molar-refractivity contribution >= 4 is 11.8 Å². The van der Waals surface area contributed by atoms with Crippen LogP contribution in [0.2, 0.25) is 0 Å². The highest BCUT2D eigenvalue weighted by Crippen LogP contribution is 2.16. The van der Waals surface area contributed by atoms with Gasteiger partial charge in [0.15, 0.2) is 12.2 Å². The third kappa shape index (κ3) is 10.2. The molecule has 8 heteroatoms. The molecule has 0 rings (SSSR count). The lowest BCUT2D eigenvalue weighted by atomic mass is 10.1. The molecule has 2 unspecified atom stereocenters. The van der Waals surface area contributed by atoms with Crippen molar-refractivity contribution in [3.05, 3.63) is 0 Å². The molecule has 0 fully saturated rings. The summed E-state index contributed by atoms with van der Waals surface area (Å²) in [5.74, 6) is 4.41. The summed E-state index contributed by atoms with van der Waals surface area (Å²) in [5, 5.41) is 0.540.